The van der Waals surface area contributed by atoms with E-state index in [0.29, 0.717) is 6.61 Å². The van der Waals surface area contributed by atoms with E-state index in [0.717, 1.165) is 19.6 Å². The largest absolute Gasteiger partial charge is 0.396 e. The number of ether oxygens (including phenoxy) is 1. The van der Waals surface area contributed by atoms with Gasteiger partial charge < -0.3 is 9.84 Å². The molecule has 0 rings (SSSR count). The molecule has 0 atom stereocenters. The molecule has 1 N–H and O–H groups in total. The maximum atomic E-state index is 8.59. The number of unbranched alkanes of at least 4 members (excludes halogenated alkanes) is 7. The van der Waals surface area contributed by atoms with Crippen LogP contribution in [0.3, 0.4) is 0 Å². The molecule has 15 heavy (non-hydrogen) atoms. The Balaban J connectivity index is 2.81. The fraction of sp³-hybridized carbons (Fsp3) is 1.00. The van der Waals surface area contributed by atoms with E-state index in [-0.39, 0.29) is 0 Å². The Labute approximate surface area is 95.0 Å². The first-order chi connectivity index (χ1) is 7.41. The van der Waals surface area contributed by atoms with Gasteiger partial charge in [0.2, 0.25) is 0 Å². The van der Waals surface area contributed by atoms with Crippen molar-refractivity contribution >= 4 is 0 Å². The maximum absolute atomic E-state index is 8.59. The van der Waals surface area contributed by atoms with Gasteiger partial charge in [0.15, 0.2) is 0 Å². The number of hydrogen-bond donors (Lipinski definition) is 1. The third-order valence-corrected chi connectivity index (χ3v) is 2.59. The van der Waals surface area contributed by atoms with Gasteiger partial charge in [0.25, 0.3) is 0 Å². The zero-order valence-electron chi connectivity index (χ0n) is 10.3. The molecule has 0 aliphatic rings. The molecule has 0 heterocycles. The Hall–Kier alpha value is -0.0800. The zero-order chi connectivity index (χ0) is 11.2. The Bertz CT molecular complexity index is 92.7. The highest BCUT2D eigenvalue weighted by molar-refractivity contribution is 4.45. The Kier molecular flexibility index (Phi) is 13.8. The van der Waals surface area contributed by atoms with E-state index in [1.54, 1.807) is 0 Å². The molecule has 0 radical (unpaired) electrons. The van der Waals surface area contributed by atoms with Gasteiger partial charge in [0, 0.05) is 19.8 Å². The first kappa shape index (κ1) is 14.9. The molecule has 0 spiro atoms. The van der Waals surface area contributed by atoms with Gasteiger partial charge in [0.1, 0.15) is 0 Å². The topological polar surface area (TPSA) is 29.5 Å². The maximum Gasteiger partial charge on any atom is 0.0466 e. The molecule has 0 fully saturated rings. The minimum Gasteiger partial charge on any atom is -0.396 e. The van der Waals surface area contributed by atoms with Crippen molar-refractivity contribution in [1.29, 1.82) is 0 Å². The van der Waals surface area contributed by atoms with Crippen LogP contribution in [0.4, 0.5) is 0 Å². The predicted octanol–water partition coefficient (Wildman–Crippen LogP) is 3.53. The summed E-state index contributed by atoms with van der Waals surface area (Å²) in [6.07, 6.45) is 11.0. The summed E-state index contributed by atoms with van der Waals surface area (Å²) >= 11 is 0. The molecule has 0 saturated heterocycles. The highest BCUT2D eigenvalue weighted by Gasteiger charge is 1.92. The summed E-state index contributed by atoms with van der Waals surface area (Å²) in [7, 11) is 0. The fourth-order valence-corrected chi connectivity index (χ4v) is 1.55. The summed E-state index contributed by atoms with van der Waals surface area (Å²) in [6.45, 7) is 4.42. The van der Waals surface area contributed by atoms with E-state index in [2.05, 4.69) is 6.92 Å². The van der Waals surface area contributed by atoms with Crippen molar-refractivity contribution in [2.75, 3.05) is 19.8 Å². The van der Waals surface area contributed by atoms with Crippen LogP contribution in [0.2, 0.25) is 0 Å². The second-order valence-corrected chi connectivity index (χ2v) is 4.16. The normalized spacial score (nSPS) is 10.8. The van der Waals surface area contributed by atoms with Gasteiger partial charge in [0.05, 0.1) is 0 Å². The molecule has 0 aliphatic heterocycles. The van der Waals surface area contributed by atoms with Gasteiger partial charge in [-0.1, -0.05) is 45.4 Å². The average Bonchev–Trinajstić information content (AvgIpc) is 2.26. The molecule has 0 aliphatic carbocycles. The lowest BCUT2D eigenvalue weighted by Crippen LogP contribution is -1.96. The quantitative estimate of drug-likeness (QED) is 0.506. The van der Waals surface area contributed by atoms with Crippen molar-refractivity contribution < 1.29 is 9.84 Å². The summed E-state index contributed by atoms with van der Waals surface area (Å²) in [5, 5.41) is 8.59. The van der Waals surface area contributed by atoms with Crippen LogP contribution in [-0.2, 0) is 4.74 Å². The van der Waals surface area contributed by atoms with Crippen molar-refractivity contribution in [2.45, 2.75) is 64.7 Å². The first-order valence-electron chi connectivity index (χ1n) is 6.60. The van der Waals surface area contributed by atoms with E-state index in [1.165, 1.54) is 51.4 Å². The van der Waals surface area contributed by atoms with Crippen molar-refractivity contribution in [1.82, 2.24) is 0 Å². The third-order valence-electron chi connectivity index (χ3n) is 2.59. The summed E-state index contributed by atoms with van der Waals surface area (Å²) < 4.78 is 5.49. The Morgan fingerprint density at radius 3 is 1.87 bits per heavy atom. The van der Waals surface area contributed by atoms with Crippen molar-refractivity contribution in [2.24, 2.45) is 0 Å². The van der Waals surface area contributed by atoms with Crippen LogP contribution in [0.25, 0.3) is 0 Å². The minimum absolute atomic E-state index is 0.352. The summed E-state index contributed by atoms with van der Waals surface area (Å²) in [5.74, 6) is 0. The van der Waals surface area contributed by atoms with Gasteiger partial charge in [-0.05, 0) is 19.3 Å². The van der Waals surface area contributed by atoms with E-state index < -0.39 is 0 Å². The summed E-state index contributed by atoms with van der Waals surface area (Å²) in [4.78, 5) is 0. The van der Waals surface area contributed by atoms with Crippen LogP contribution in [-0.4, -0.2) is 24.9 Å². The van der Waals surface area contributed by atoms with Crippen LogP contribution < -0.4 is 0 Å². The molecule has 92 valence electrons. The molecular weight excluding hydrogens is 188 g/mol. The average molecular weight is 216 g/mol. The standard InChI is InChI=1S/C13H28O2/c1-2-3-12-15-13-10-8-6-4-5-7-9-11-14/h14H,2-13H2,1H3. The smallest absolute Gasteiger partial charge is 0.0466 e. The lowest BCUT2D eigenvalue weighted by atomic mass is 10.1. The van der Waals surface area contributed by atoms with E-state index in [9.17, 15) is 0 Å². The minimum atomic E-state index is 0.352. The molecule has 0 saturated carbocycles. The monoisotopic (exact) mass is 216 g/mol. The van der Waals surface area contributed by atoms with Gasteiger partial charge in [-0.2, -0.15) is 0 Å². The molecule has 0 aromatic rings. The van der Waals surface area contributed by atoms with E-state index in [4.69, 9.17) is 9.84 Å². The second kappa shape index (κ2) is 13.9. The number of hydrogen-bond acceptors (Lipinski definition) is 2. The number of aliphatic hydroxyl groups is 1. The zero-order valence-corrected chi connectivity index (χ0v) is 10.3. The lowest BCUT2D eigenvalue weighted by Gasteiger charge is -2.03. The molecule has 2 nitrogen and oxygen atoms in total. The summed E-state index contributed by atoms with van der Waals surface area (Å²) in [5.41, 5.74) is 0. The van der Waals surface area contributed by atoms with Gasteiger partial charge in [-0.15, -0.1) is 0 Å². The van der Waals surface area contributed by atoms with Crippen LogP contribution in [0.1, 0.15) is 64.7 Å². The van der Waals surface area contributed by atoms with Crippen LogP contribution in [0.15, 0.2) is 0 Å². The molecule has 0 bridgehead atoms. The molecule has 0 aromatic carbocycles. The predicted molar refractivity (Wildman–Crippen MR) is 65.1 cm³/mol. The van der Waals surface area contributed by atoms with Crippen LogP contribution in [0, 0.1) is 0 Å². The Morgan fingerprint density at radius 1 is 0.733 bits per heavy atom. The fourth-order valence-electron chi connectivity index (χ4n) is 1.55. The van der Waals surface area contributed by atoms with Crippen LogP contribution >= 0.6 is 0 Å². The van der Waals surface area contributed by atoms with Gasteiger partial charge in [-0.25, -0.2) is 0 Å². The van der Waals surface area contributed by atoms with E-state index in [1.807, 2.05) is 0 Å². The molecule has 2 heteroatoms. The van der Waals surface area contributed by atoms with Crippen molar-refractivity contribution in [3.63, 3.8) is 0 Å². The van der Waals surface area contributed by atoms with Gasteiger partial charge >= 0.3 is 0 Å². The number of aliphatic hydroxyl groups excluding tert-OH is 1. The molecule has 0 aromatic heterocycles. The SMILES string of the molecule is CCCCOCCCCCCCCCO. The third kappa shape index (κ3) is 13.9. The lowest BCUT2D eigenvalue weighted by molar-refractivity contribution is 0.127. The molecule has 0 unspecified atom stereocenters. The highest BCUT2D eigenvalue weighted by atomic mass is 16.5. The number of rotatable bonds is 12. The van der Waals surface area contributed by atoms with Crippen LogP contribution in [0.5, 0.6) is 0 Å². The second-order valence-electron chi connectivity index (χ2n) is 4.16. The highest BCUT2D eigenvalue weighted by Crippen LogP contribution is 2.06. The molecule has 0 amide bonds. The van der Waals surface area contributed by atoms with E-state index >= 15 is 0 Å². The van der Waals surface area contributed by atoms with Crippen molar-refractivity contribution in [3.05, 3.63) is 0 Å². The van der Waals surface area contributed by atoms with Crippen molar-refractivity contribution in [3.8, 4) is 0 Å². The first-order valence-corrected chi connectivity index (χ1v) is 6.60. The molecular formula is C13H28O2. The summed E-state index contributed by atoms with van der Waals surface area (Å²) in [6, 6.07) is 0. The Morgan fingerprint density at radius 2 is 1.27 bits per heavy atom. The van der Waals surface area contributed by atoms with Gasteiger partial charge in [-0.3, -0.25) is 0 Å².